The zero-order valence-corrected chi connectivity index (χ0v) is 30.1. The van der Waals surface area contributed by atoms with Gasteiger partial charge in [0.2, 0.25) is 11.8 Å². The van der Waals surface area contributed by atoms with Crippen molar-refractivity contribution in [2.45, 2.75) is 77.0 Å². The van der Waals surface area contributed by atoms with E-state index in [1.807, 2.05) is 15.4 Å². The van der Waals surface area contributed by atoms with Crippen molar-refractivity contribution in [1.82, 2.24) is 34.1 Å². The van der Waals surface area contributed by atoms with Gasteiger partial charge in [-0.25, -0.2) is 13.8 Å². The molecular formula is C39H42F2N8O5. The Kier molecular flexibility index (Phi) is 8.92. The molecule has 9 rings (SSSR count). The van der Waals surface area contributed by atoms with Gasteiger partial charge in [-0.2, -0.15) is 5.10 Å². The quantitative estimate of drug-likeness (QED) is 0.237. The van der Waals surface area contributed by atoms with Crippen LogP contribution in [0, 0.1) is 0 Å². The summed E-state index contributed by atoms with van der Waals surface area (Å²) in [6.45, 7) is 5.45. The normalized spacial score (nSPS) is 19.2. The molecule has 2 amide bonds. The molecular weight excluding hydrogens is 698 g/mol. The Balaban J connectivity index is 1.03. The lowest BCUT2D eigenvalue weighted by Gasteiger charge is -2.33. The number of aryl methyl sites for hydroxylation is 1. The van der Waals surface area contributed by atoms with Crippen molar-refractivity contribution < 1.29 is 32.7 Å². The molecule has 0 bridgehead atoms. The number of hydrogen-bond acceptors (Lipinski definition) is 9. The lowest BCUT2D eigenvalue weighted by molar-refractivity contribution is -0.130. The van der Waals surface area contributed by atoms with Crippen molar-refractivity contribution in [3.8, 4) is 22.5 Å². The van der Waals surface area contributed by atoms with Gasteiger partial charge in [-0.1, -0.05) is 5.16 Å². The number of carbonyl (C=O) groups excluding carboxylic acids is 2. The molecule has 1 aromatic carbocycles. The fourth-order valence-electron chi connectivity index (χ4n) is 8.53. The minimum atomic E-state index is -2.73. The van der Waals surface area contributed by atoms with Crippen LogP contribution in [0.2, 0.25) is 0 Å². The fraction of sp³-hybridized carbons (Fsp3) is 0.462. The minimum absolute atomic E-state index is 0.00746. The van der Waals surface area contributed by atoms with Crippen LogP contribution in [-0.4, -0.2) is 96.5 Å². The van der Waals surface area contributed by atoms with Gasteiger partial charge in [-0.3, -0.25) is 18.7 Å². The molecule has 282 valence electrons. The number of pyridine rings is 1. The van der Waals surface area contributed by atoms with E-state index >= 15 is 8.78 Å². The second-order valence-corrected chi connectivity index (χ2v) is 14.8. The zero-order valence-electron chi connectivity index (χ0n) is 30.1. The Morgan fingerprint density at radius 1 is 1.04 bits per heavy atom. The number of aliphatic hydroxyl groups is 1. The van der Waals surface area contributed by atoms with E-state index in [-0.39, 0.29) is 29.8 Å². The average molecular weight is 741 g/mol. The van der Waals surface area contributed by atoms with Gasteiger partial charge in [0.05, 0.1) is 37.0 Å². The number of fused-ring (bicyclic) bond motifs is 3. The molecule has 1 unspecified atom stereocenters. The molecule has 2 fully saturated rings. The van der Waals surface area contributed by atoms with Crippen LogP contribution >= 0.6 is 0 Å². The van der Waals surface area contributed by atoms with Crippen LogP contribution in [0.3, 0.4) is 0 Å². The van der Waals surface area contributed by atoms with Crippen molar-refractivity contribution in [3.05, 3.63) is 70.9 Å². The van der Waals surface area contributed by atoms with Gasteiger partial charge in [0, 0.05) is 87.5 Å². The summed E-state index contributed by atoms with van der Waals surface area (Å²) in [5.41, 5.74) is 6.49. The molecule has 54 heavy (non-hydrogen) atoms. The maximum absolute atomic E-state index is 15.0. The van der Waals surface area contributed by atoms with Crippen LogP contribution in [0.25, 0.3) is 28.2 Å². The molecule has 5 aromatic rings. The third-order valence-corrected chi connectivity index (χ3v) is 11.4. The molecule has 2 saturated heterocycles. The molecule has 8 heterocycles. The number of aromatic nitrogens is 5. The summed E-state index contributed by atoms with van der Waals surface area (Å²) in [4.78, 5) is 35.3. The van der Waals surface area contributed by atoms with Crippen molar-refractivity contribution in [3.63, 3.8) is 0 Å². The molecule has 0 saturated carbocycles. The summed E-state index contributed by atoms with van der Waals surface area (Å²) >= 11 is 0. The lowest BCUT2D eigenvalue weighted by atomic mass is 9.92. The number of likely N-dealkylation sites (tertiary alicyclic amines) is 1. The van der Waals surface area contributed by atoms with E-state index in [4.69, 9.17) is 14.4 Å². The maximum atomic E-state index is 15.0. The van der Waals surface area contributed by atoms with Gasteiger partial charge in [0.25, 0.3) is 6.43 Å². The SMILES string of the molecule is CC(=O)N1CCc2c(c(N3CCCc4cc(-c5ccn6c(-c7cc(CC(=O)N8CCC(O)C8)on7)cnc6c5)c(C(F)F)cc43)nn2C2CCOCC2)C1. The zero-order chi connectivity index (χ0) is 37.1. The molecule has 0 aliphatic carbocycles. The third-order valence-electron chi connectivity index (χ3n) is 11.4. The summed E-state index contributed by atoms with van der Waals surface area (Å²) in [6, 6.07) is 9.01. The first-order valence-corrected chi connectivity index (χ1v) is 18.8. The van der Waals surface area contributed by atoms with Crippen LogP contribution in [0.5, 0.6) is 0 Å². The van der Waals surface area contributed by atoms with Crippen molar-refractivity contribution >= 4 is 29.0 Å². The highest BCUT2D eigenvalue weighted by Crippen LogP contribution is 2.44. The number of amides is 2. The molecule has 0 spiro atoms. The Labute approximate surface area is 310 Å². The Morgan fingerprint density at radius 3 is 2.67 bits per heavy atom. The first-order chi connectivity index (χ1) is 26.2. The minimum Gasteiger partial charge on any atom is -0.391 e. The second-order valence-electron chi connectivity index (χ2n) is 14.8. The smallest absolute Gasteiger partial charge is 0.264 e. The molecule has 4 aliphatic rings. The van der Waals surface area contributed by atoms with Crippen molar-refractivity contribution in [2.24, 2.45) is 0 Å². The molecule has 15 heteroatoms. The molecule has 1 N–H and O–H groups in total. The van der Waals surface area contributed by atoms with Gasteiger partial charge >= 0.3 is 0 Å². The summed E-state index contributed by atoms with van der Waals surface area (Å²) in [6.07, 6.45) is 4.75. The average Bonchev–Trinajstić information content (AvgIpc) is 4.00. The monoisotopic (exact) mass is 740 g/mol. The van der Waals surface area contributed by atoms with E-state index in [0.717, 1.165) is 54.0 Å². The first kappa shape index (κ1) is 34.6. The largest absolute Gasteiger partial charge is 0.391 e. The van der Waals surface area contributed by atoms with E-state index in [1.165, 1.54) is 0 Å². The number of anilines is 2. The van der Waals surface area contributed by atoms with Gasteiger partial charge in [0.1, 0.15) is 17.1 Å². The van der Waals surface area contributed by atoms with E-state index in [2.05, 4.69) is 19.7 Å². The first-order valence-electron chi connectivity index (χ1n) is 18.8. The molecule has 13 nitrogen and oxygen atoms in total. The summed E-state index contributed by atoms with van der Waals surface area (Å²) in [7, 11) is 0. The van der Waals surface area contributed by atoms with E-state index in [9.17, 15) is 14.7 Å². The van der Waals surface area contributed by atoms with Gasteiger partial charge in [-0.15, -0.1) is 0 Å². The number of rotatable bonds is 7. The Morgan fingerprint density at radius 2 is 1.89 bits per heavy atom. The van der Waals surface area contributed by atoms with Gasteiger partial charge in [0.15, 0.2) is 5.82 Å². The van der Waals surface area contributed by atoms with Gasteiger partial charge < -0.3 is 29.1 Å². The number of nitrogens with zero attached hydrogens (tertiary/aromatic N) is 8. The lowest BCUT2D eigenvalue weighted by Crippen LogP contribution is -2.36. The predicted molar refractivity (Wildman–Crippen MR) is 193 cm³/mol. The molecule has 4 aliphatic heterocycles. The number of imidazole rings is 1. The second kappa shape index (κ2) is 13.9. The van der Waals surface area contributed by atoms with E-state index < -0.39 is 12.5 Å². The number of carbonyl (C=O) groups is 2. The van der Waals surface area contributed by atoms with Crippen molar-refractivity contribution in [1.29, 1.82) is 0 Å². The predicted octanol–water partition coefficient (Wildman–Crippen LogP) is 5.27. The van der Waals surface area contributed by atoms with Crippen LogP contribution in [0.15, 0.2) is 47.2 Å². The summed E-state index contributed by atoms with van der Waals surface area (Å²) < 4.78 is 45.2. The summed E-state index contributed by atoms with van der Waals surface area (Å²) in [5, 5.41) is 19.2. The third kappa shape index (κ3) is 6.22. The Bertz CT molecular complexity index is 2240. The number of alkyl halides is 2. The van der Waals surface area contributed by atoms with Gasteiger partial charge in [-0.05, 0) is 73.1 Å². The highest BCUT2D eigenvalue weighted by atomic mass is 19.3. The standard InChI is InChI=1S/C39H42F2N8O5/c1-23(50)45-11-6-33-31(22-45)39(43-49(33)26-7-13-53-14-8-26)48-9-2-3-25-15-29(30(38(40)41)19-34(25)48)24-4-12-47-35(20-42-36(47)16-24)32-17-28(54-44-32)18-37(52)46-10-5-27(51)21-46/h4,12,15-17,19-20,26-27,38,51H,2-3,5-11,13-14,18,21-22H2,1H3. The van der Waals surface area contributed by atoms with Crippen molar-refractivity contribution in [2.75, 3.05) is 44.3 Å². The highest BCUT2D eigenvalue weighted by molar-refractivity contribution is 5.80. The maximum Gasteiger partial charge on any atom is 0.264 e. The Hall–Kier alpha value is -5.15. The number of β-amino-alcohol motifs (C(OH)–C–C–N with tert-alkyl or cyclic N) is 1. The van der Waals surface area contributed by atoms with E-state index in [0.29, 0.717) is 92.7 Å². The fourth-order valence-corrected chi connectivity index (χ4v) is 8.53. The molecule has 4 aromatic heterocycles. The number of benzene rings is 1. The van der Waals surface area contributed by atoms with Crippen LogP contribution in [0.4, 0.5) is 20.3 Å². The van der Waals surface area contributed by atoms with Crippen LogP contribution in [-0.2, 0) is 40.1 Å². The van der Waals surface area contributed by atoms with E-state index in [1.54, 1.807) is 48.5 Å². The number of ether oxygens (including phenoxy) is 1. The topological polar surface area (TPSA) is 134 Å². The number of aliphatic hydroxyl groups excluding tert-OH is 1. The molecule has 0 radical (unpaired) electrons. The number of halogens is 2. The number of hydrogen-bond donors (Lipinski definition) is 1. The van der Waals surface area contributed by atoms with Crippen LogP contribution in [0.1, 0.15) is 73.2 Å². The highest BCUT2D eigenvalue weighted by Gasteiger charge is 2.34. The van der Waals surface area contributed by atoms with Crippen LogP contribution < -0.4 is 4.90 Å². The summed E-state index contributed by atoms with van der Waals surface area (Å²) in [5.74, 6) is 1.02. The molecule has 1 atom stereocenters.